The van der Waals surface area contributed by atoms with Crippen LogP contribution in [-0.4, -0.2) is 44.5 Å². The fraction of sp³-hybridized carbons (Fsp3) is 0.588. The zero-order chi connectivity index (χ0) is 19.2. The van der Waals surface area contributed by atoms with E-state index in [0.29, 0.717) is 19.5 Å². The van der Waals surface area contributed by atoms with Gasteiger partial charge in [0, 0.05) is 18.2 Å². The van der Waals surface area contributed by atoms with Crippen molar-refractivity contribution in [3.05, 3.63) is 35.4 Å². The van der Waals surface area contributed by atoms with E-state index in [1.807, 2.05) is 0 Å². The first-order valence-electron chi connectivity index (χ1n) is 8.44. The van der Waals surface area contributed by atoms with Crippen molar-refractivity contribution in [3.63, 3.8) is 0 Å². The van der Waals surface area contributed by atoms with Gasteiger partial charge in [-0.05, 0) is 44.0 Å². The van der Waals surface area contributed by atoms with Gasteiger partial charge in [-0.3, -0.25) is 4.79 Å². The molecule has 1 heterocycles. The molecule has 1 aromatic rings. The van der Waals surface area contributed by atoms with Gasteiger partial charge in [-0.1, -0.05) is 18.2 Å². The molecule has 0 bridgehead atoms. The molecule has 1 amide bonds. The van der Waals surface area contributed by atoms with Gasteiger partial charge >= 0.3 is 6.18 Å². The number of amides is 1. The van der Waals surface area contributed by atoms with E-state index in [4.69, 9.17) is 0 Å². The van der Waals surface area contributed by atoms with Crippen LogP contribution in [0, 0.1) is 0 Å². The molecule has 1 saturated heterocycles. The molecule has 9 heteroatoms. The third-order valence-electron chi connectivity index (χ3n) is 5.31. The Morgan fingerprint density at radius 2 is 1.85 bits per heavy atom. The average Bonchev–Trinajstić information content (AvgIpc) is 3.32. The van der Waals surface area contributed by atoms with Crippen molar-refractivity contribution in [1.82, 2.24) is 10.6 Å². The minimum Gasteiger partial charge on any atom is -0.351 e. The van der Waals surface area contributed by atoms with Gasteiger partial charge in [0.15, 0.2) is 14.6 Å². The third kappa shape index (κ3) is 3.46. The molecule has 144 valence electrons. The first kappa shape index (κ1) is 19.2. The first-order chi connectivity index (χ1) is 12.1. The van der Waals surface area contributed by atoms with E-state index in [1.54, 1.807) is 0 Å². The summed E-state index contributed by atoms with van der Waals surface area (Å²) in [6, 6.07) is 4.83. The molecule has 1 aliphatic heterocycles. The number of piperidine rings is 1. The molecule has 3 rings (SSSR count). The van der Waals surface area contributed by atoms with E-state index in [-0.39, 0.29) is 18.4 Å². The Morgan fingerprint density at radius 1 is 1.23 bits per heavy atom. The van der Waals surface area contributed by atoms with Crippen LogP contribution in [0.2, 0.25) is 0 Å². The summed E-state index contributed by atoms with van der Waals surface area (Å²) in [6.45, 7) is 0.816. The van der Waals surface area contributed by atoms with Crippen molar-refractivity contribution in [2.45, 2.75) is 42.1 Å². The summed E-state index contributed by atoms with van der Waals surface area (Å²) in [7, 11) is -3.65. The Kier molecular flexibility index (Phi) is 4.81. The number of benzene rings is 1. The van der Waals surface area contributed by atoms with Gasteiger partial charge in [0.2, 0.25) is 5.91 Å². The maximum atomic E-state index is 13.2. The summed E-state index contributed by atoms with van der Waals surface area (Å²) in [5.41, 5.74) is -0.564. The standard InChI is InChI=1S/C17H21F3N2O3S/c1-26(24,25)16(6-8-21-9-7-16)15(23)22-14-10-12(14)11-4-2-3-5-13(11)17(18,19)20/h2-5,12,14,21H,6-10H2,1H3,(H,22,23). The molecule has 0 aromatic heterocycles. The summed E-state index contributed by atoms with van der Waals surface area (Å²) in [5.74, 6) is -1.05. The van der Waals surface area contributed by atoms with E-state index >= 15 is 0 Å². The van der Waals surface area contributed by atoms with Crippen LogP contribution in [0.1, 0.15) is 36.3 Å². The zero-order valence-electron chi connectivity index (χ0n) is 14.3. The number of carbonyl (C=O) groups is 1. The normalized spacial score (nSPS) is 25.5. The second-order valence-electron chi connectivity index (χ2n) is 7.02. The fourth-order valence-electron chi connectivity index (χ4n) is 3.67. The van der Waals surface area contributed by atoms with Gasteiger partial charge in [0.05, 0.1) is 5.56 Å². The first-order valence-corrected chi connectivity index (χ1v) is 10.3. The monoisotopic (exact) mass is 390 g/mol. The molecule has 2 aliphatic rings. The van der Waals surface area contributed by atoms with Crippen molar-refractivity contribution in [3.8, 4) is 0 Å². The van der Waals surface area contributed by atoms with Gasteiger partial charge in [0.25, 0.3) is 0 Å². The largest absolute Gasteiger partial charge is 0.416 e. The van der Waals surface area contributed by atoms with Crippen LogP contribution in [0.25, 0.3) is 0 Å². The Bertz CT molecular complexity index is 802. The van der Waals surface area contributed by atoms with Crippen LogP contribution >= 0.6 is 0 Å². The highest BCUT2D eigenvalue weighted by atomic mass is 32.2. The predicted octanol–water partition coefficient (Wildman–Crippen LogP) is 1.84. The second-order valence-corrected chi connectivity index (χ2v) is 9.35. The Labute approximate surface area is 150 Å². The number of alkyl halides is 3. The average molecular weight is 390 g/mol. The Hall–Kier alpha value is -1.61. The number of nitrogens with one attached hydrogen (secondary N) is 2. The lowest BCUT2D eigenvalue weighted by Gasteiger charge is -2.34. The maximum absolute atomic E-state index is 13.2. The summed E-state index contributed by atoms with van der Waals surface area (Å²) < 4.78 is 62.5. The van der Waals surface area contributed by atoms with Crippen molar-refractivity contribution >= 4 is 15.7 Å². The lowest BCUT2D eigenvalue weighted by atomic mass is 9.95. The summed E-state index contributed by atoms with van der Waals surface area (Å²) in [4.78, 5) is 12.7. The quantitative estimate of drug-likeness (QED) is 0.823. The third-order valence-corrected chi connectivity index (χ3v) is 7.32. The summed E-state index contributed by atoms with van der Waals surface area (Å²) in [5, 5.41) is 5.71. The van der Waals surface area contributed by atoms with Crippen LogP contribution in [0.4, 0.5) is 13.2 Å². The molecule has 1 saturated carbocycles. The minimum absolute atomic E-state index is 0.143. The SMILES string of the molecule is CS(=O)(=O)C1(C(=O)NC2CC2c2ccccc2C(F)(F)F)CCNCC1. The minimum atomic E-state index is -4.46. The van der Waals surface area contributed by atoms with Crippen LogP contribution in [0.3, 0.4) is 0 Å². The van der Waals surface area contributed by atoms with Gasteiger partial charge in [-0.2, -0.15) is 13.2 Å². The molecule has 5 nitrogen and oxygen atoms in total. The van der Waals surface area contributed by atoms with Gasteiger partial charge in [0.1, 0.15) is 0 Å². The molecule has 2 unspecified atom stereocenters. The fourth-order valence-corrected chi connectivity index (χ4v) is 5.01. The molecular weight excluding hydrogens is 369 g/mol. The van der Waals surface area contributed by atoms with Gasteiger partial charge in [-0.25, -0.2) is 8.42 Å². The van der Waals surface area contributed by atoms with Gasteiger partial charge in [-0.15, -0.1) is 0 Å². The highest BCUT2D eigenvalue weighted by Gasteiger charge is 2.52. The van der Waals surface area contributed by atoms with Crippen molar-refractivity contribution < 1.29 is 26.4 Å². The van der Waals surface area contributed by atoms with Crippen LogP contribution in [0.5, 0.6) is 0 Å². The predicted molar refractivity (Wildman–Crippen MR) is 90.4 cm³/mol. The number of carbonyl (C=O) groups excluding carboxylic acids is 1. The van der Waals surface area contributed by atoms with E-state index in [1.165, 1.54) is 18.2 Å². The number of rotatable bonds is 4. The van der Waals surface area contributed by atoms with E-state index in [0.717, 1.165) is 12.3 Å². The van der Waals surface area contributed by atoms with E-state index in [2.05, 4.69) is 10.6 Å². The van der Waals surface area contributed by atoms with E-state index < -0.39 is 44.2 Å². The highest BCUT2D eigenvalue weighted by Crippen LogP contribution is 2.46. The molecule has 1 aromatic carbocycles. The summed E-state index contributed by atoms with van der Waals surface area (Å²) >= 11 is 0. The highest BCUT2D eigenvalue weighted by molar-refractivity contribution is 7.92. The van der Waals surface area contributed by atoms with Gasteiger partial charge < -0.3 is 10.6 Å². The summed E-state index contributed by atoms with van der Waals surface area (Å²) in [6.07, 6.45) is -2.72. The molecule has 2 atom stereocenters. The van der Waals surface area contributed by atoms with Crippen molar-refractivity contribution in [1.29, 1.82) is 0 Å². The van der Waals surface area contributed by atoms with Crippen molar-refractivity contribution in [2.75, 3.05) is 19.3 Å². The molecule has 2 N–H and O–H groups in total. The number of hydrogen-bond donors (Lipinski definition) is 2. The molecule has 26 heavy (non-hydrogen) atoms. The molecular formula is C17H21F3N2O3S. The number of sulfone groups is 1. The van der Waals surface area contributed by atoms with Crippen LogP contribution < -0.4 is 10.6 Å². The maximum Gasteiger partial charge on any atom is 0.416 e. The molecule has 0 spiro atoms. The Balaban J connectivity index is 1.77. The number of halogens is 3. The zero-order valence-corrected chi connectivity index (χ0v) is 15.1. The molecule has 2 fully saturated rings. The lowest BCUT2D eigenvalue weighted by Crippen LogP contribution is -2.57. The topological polar surface area (TPSA) is 75.3 Å². The Morgan fingerprint density at radius 3 is 2.42 bits per heavy atom. The molecule has 1 aliphatic carbocycles. The van der Waals surface area contributed by atoms with Crippen LogP contribution in [-0.2, 0) is 20.8 Å². The van der Waals surface area contributed by atoms with Crippen LogP contribution in [0.15, 0.2) is 24.3 Å². The number of hydrogen-bond acceptors (Lipinski definition) is 4. The lowest BCUT2D eigenvalue weighted by molar-refractivity contribution is -0.138. The van der Waals surface area contributed by atoms with E-state index in [9.17, 15) is 26.4 Å². The second kappa shape index (κ2) is 6.53. The molecule has 0 radical (unpaired) electrons. The smallest absolute Gasteiger partial charge is 0.351 e. The van der Waals surface area contributed by atoms with Crippen molar-refractivity contribution in [2.24, 2.45) is 0 Å².